The molecule has 3 saturated carbocycles. The summed E-state index contributed by atoms with van der Waals surface area (Å²) >= 11 is 7.02. The molecule has 3 aliphatic carbocycles. The van der Waals surface area contributed by atoms with Gasteiger partial charge in [-0.1, -0.05) is 45.7 Å². The number of hydrogen-bond donors (Lipinski definition) is 0. The average Bonchev–Trinajstić information content (AvgIpc) is 2.78. The van der Waals surface area contributed by atoms with Crippen LogP contribution in [0.3, 0.4) is 0 Å². The molecule has 0 bridgehead atoms. The zero-order chi connectivity index (χ0) is 13.2. The quantitative estimate of drug-likeness (QED) is 0.607. The number of fused-ring (bicyclic) bond motifs is 2. The summed E-state index contributed by atoms with van der Waals surface area (Å²) in [4.78, 5) is 24.6. The lowest BCUT2D eigenvalue weighted by atomic mass is 9.59. The van der Waals surface area contributed by atoms with E-state index >= 15 is 0 Å². The molecule has 4 heteroatoms. The second-order valence-corrected chi connectivity index (χ2v) is 8.52. The van der Waals surface area contributed by atoms with Crippen LogP contribution in [0.25, 0.3) is 0 Å². The van der Waals surface area contributed by atoms with Gasteiger partial charge in [-0.05, 0) is 36.5 Å². The molecular formula is C14H18Br2O2. The summed E-state index contributed by atoms with van der Waals surface area (Å²) in [5.74, 6) is 2.63. The molecule has 100 valence electrons. The zero-order valence-corrected chi connectivity index (χ0v) is 13.8. The van der Waals surface area contributed by atoms with Crippen LogP contribution in [0.2, 0.25) is 0 Å². The first kappa shape index (κ1) is 13.3. The van der Waals surface area contributed by atoms with Crippen molar-refractivity contribution in [2.75, 3.05) is 0 Å². The molecule has 3 fully saturated rings. The third-order valence-corrected chi connectivity index (χ3v) is 7.29. The highest BCUT2D eigenvalue weighted by molar-refractivity contribution is 9.10. The van der Waals surface area contributed by atoms with Crippen LogP contribution in [0, 0.1) is 35.5 Å². The molecule has 0 spiro atoms. The second kappa shape index (κ2) is 4.41. The number of hydrogen-bond acceptors (Lipinski definition) is 2. The van der Waals surface area contributed by atoms with Gasteiger partial charge >= 0.3 is 0 Å². The number of Topliss-reactive ketones (excluding diaryl/α,β-unsaturated/α-hetero) is 2. The molecule has 0 aromatic rings. The van der Waals surface area contributed by atoms with Gasteiger partial charge in [0.05, 0.1) is 9.65 Å². The first-order valence-electron chi connectivity index (χ1n) is 6.79. The van der Waals surface area contributed by atoms with E-state index in [0.29, 0.717) is 35.2 Å². The maximum atomic E-state index is 12.3. The minimum atomic E-state index is 0.0195. The first-order valence-corrected chi connectivity index (χ1v) is 8.62. The van der Waals surface area contributed by atoms with E-state index in [1.165, 1.54) is 0 Å². The van der Waals surface area contributed by atoms with Crippen molar-refractivity contribution in [1.29, 1.82) is 0 Å². The Morgan fingerprint density at radius 1 is 0.833 bits per heavy atom. The third kappa shape index (κ3) is 1.64. The highest BCUT2D eigenvalue weighted by atomic mass is 79.9. The molecule has 0 N–H and O–H groups in total. The third-order valence-electron chi connectivity index (χ3n) is 5.64. The van der Waals surface area contributed by atoms with Crippen LogP contribution in [0.15, 0.2) is 0 Å². The van der Waals surface area contributed by atoms with Crippen molar-refractivity contribution < 1.29 is 9.59 Å². The predicted molar refractivity (Wildman–Crippen MR) is 77.0 cm³/mol. The fraction of sp³-hybridized carbons (Fsp3) is 0.857. The molecule has 0 radical (unpaired) electrons. The smallest absolute Gasteiger partial charge is 0.150 e. The fourth-order valence-electron chi connectivity index (χ4n) is 4.76. The number of rotatable bonds is 0. The molecule has 0 heterocycles. The van der Waals surface area contributed by atoms with Gasteiger partial charge < -0.3 is 0 Å². The number of alkyl halides is 2. The Hall–Kier alpha value is 0.300. The molecule has 0 aromatic heterocycles. The van der Waals surface area contributed by atoms with Crippen molar-refractivity contribution >= 4 is 43.4 Å². The van der Waals surface area contributed by atoms with E-state index in [4.69, 9.17) is 0 Å². The molecule has 8 unspecified atom stereocenters. The summed E-state index contributed by atoms with van der Waals surface area (Å²) in [5.41, 5.74) is 0. The van der Waals surface area contributed by atoms with Crippen LogP contribution in [-0.4, -0.2) is 21.2 Å². The maximum Gasteiger partial charge on any atom is 0.150 e. The second-order valence-electron chi connectivity index (χ2n) is 6.31. The van der Waals surface area contributed by atoms with Gasteiger partial charge in [0.1, 0.15) is 11.6 Å². The molecule has 0 amide bonds. The van der Waals surface area contributed by atoms with Gasteiger partial charge in [0.15, 0.2) is 0 Å². The molecular weight excluding hydrogens is 360 g/mol. The van der Waals surface area contributed by atoms with Crippen molar-refractivity contribution in [3.05, 3.63) is 0 Å². The Morgan fingerprint density at radius 2 is 1.17 bits per heavy atom. The largest absolute Gasteiger partial charge is 0.298 e. The Balaban J connectivity index is 1.97. The predicted octanol–water partition coefficient (Wildman–Crippen LogP) is 3.21. The fourth-order valence-corrected chi connectivity index (χ4v) is 6.23. The van der Waals surface area contributed by atoms with Crippen LogP contribution >= 0.6 is 31.9 Å². The van der Waals surface area contributed by atoms with Crippen LogP contribution in [0.5, 0.6) is 0 Å². The van der Waals surface area contributed by atoms with Crippen molar-refractivity contribution in [1.82, 2.24) is 0 Å². The zero-order valence-electron chi connectivity index (χ0n) is 10.6. The number of carbonyl (C=O) groups is 2. The van der Waals surface area contributed by atoms with Gasteiger partial charge in [0.2, 0.25) is 0 Å². The first-order chi connectivity index (χ1) is 8.43. The summed E-state index contributed by atoms with van der Waals surface area (Å²) in [7, 11) is 0. The minimum Gasteiger partial charge on any atom is -0.298 e. The van der Waals surface area contributed by atoms with Crippen molar-refractivity contribution in [3.8, 4) is 0 Å². The van der Waals surface area contributed by atoms with Crippen LogP contribution in [-0.2, 0) is 9.59 Å². The molecule has 8 atom stereocenters. The summed E-state index contributed by atoms with van der Waals surface area (Å²) in [6, 6.07) is 0. The Morgan fingerprint density at radius 3 is 1.50 bits per heavy atom. The summed E-state index contributed by atoms with van der Waals surface area (Å²) in [6.45, 7) is 4.37. The van der Waals surface area contributed by atoms with E-state index in [9.17, 15) is 9.59 Å². The normalized spacial score (nSPS) is 55.6. The van der Waals surface area contributed by atoms with Crippen LogP contribution in [0.1, 0.15) is 26.7 Å². The monoisotopic (exact) mass is 376 g/mol. The van der Waals surface area contributed by atoms with Gasteiger partial charge in [-0.2, -0.15) is 0 Å². The van der Waals surface area contributed by atoms with E-state index in [1.807, 2.05) is 0 Å². The van der Waals surface area contributed by atoms with Gasteiger partial charge in [-0.3, -0.25) is 9.59 Å². The SMILES string of the molecule is CC1C2CC(Br)C(=O)C2C(C)C2CC(Br)C(=O)C12. The van der Waals surface area contributed by atoms with E-state index in [2.05, 4.69) is 45.7 Å². The van der Waals surface area contributed by atoms with E-state index in [1.54, 1.807) is 0 Å². The molecule has 2 nitrogen and oxygen atoms in total. The standard InChI is InChI=1S/C14H18Br2O2/c1-5-7-3-9(15)14(18)12(7)6(2)8-4-10(16)13(17)11(5)8/h5-12H,3-4H2,1-2H3. The summed E-state index contributed by atoms with van der Waals surface area (Å²) in [5, 5.41) is 0. The lowest BCUT2D eigenvalue weighted by molar-refractivity contribution is -0.132. The van der Waals surface area contributed by atoms with Crippen molar-refractivity contribution in [3.63, 3.8) is 0 Å². The highest BCUT2D eigenvalue weighted by Crippen LogP contribution is 2.57. The van der Waals surface area contributed by atoms with Crippen molar-refractivity contribution in [2.45, 2.75) is 36.3 Å². The summed E-state index contributed by atoms with van der Waals surface area (Å²) < 4.78 is 0. The summed E-state index contributed by atoms with van der Waals surface area (Å²) in [6.07, 6.45) is 1.83. The van der Waals surface area contributed by atoms with E-state index < -0.39 is 0 Å². The van der Waals surface area contributed by atoms with Crippen molar-refractivity contribution in [2.24, 2.45) is 35.5 Å². The Bertz CT molecular complexity index is 371. The molecule has 0 aliphatic heterocycles. The number of halogens is 2. The van der Waals surface area contributed by atoms with Gasteiger partial charge in [0, 0.05) is 11.8 Å². The van der Waals surface area contributed by atoms with Crippen LogP contribution < -0.4 is 0 Å². The van der Waals surface area contributed by atoms with Gasteiger partial charge in [-0.25, -0.2) is 0 Å². The van der Waals surface area contributed by atoms with E-state index in [-0.39, 0.29) is 21.5 Å². The topological polar surface area (TPSA) is 34.1 Å². The van der Waals surface area contributed by atoms with Gasteiger partial charge in [-0.15, -0.1) is 0 Å². The highest BCUT2D eigenvalue weighted by Gasteiger charge is 2.59. The van der Waals surface area contributed by atoms with Crippen LogP contribution in [0.4, 0.5) is 0 Å². The van der Waals surface area contributed by atoms with E-state index in [0.717, 1.165) is 12.8 Å². The average molecular weight is 378 g/mol. The molecule has 0 saturated heterocycles. The lowest BCUT2D eigenvalue weighted by Crippen LogP contribution is -2.44. The molecule has 18 heavy (non-hydrogen) atoms. The Labute approximate surface area is 125 Å². The minimum absolute atomic E-state index is 0.0195. The maximum absolute atomic E-state index is 12.3. The molecule has 0 aromatic carbocycles. The molecule has 3 rings (SSSR count). The number of carbonyl (C=O) groups excluding carboxylic acids is 2. The Kier molecular flexibility index (Phi) is 3.25. The number of ketones is 2. The molecule has 3 aliphatic rings. The van der Waals surface area contributed by atoms with Gasteiger partial charge in [0.25, 0.3) is 0 Å². The lowest BCUT2D eigenvalue weighted by Gasteiger charge is -2.43.